The Labute approximate surface area is 130 Å². The van der Waals surface area contributed by atoms with Gasteiger partial charge >= 0.3 is 0 Å². The van der Waals surface area contributed by atoms with E-state index in [-0.39, 0.29) is 36.1 Å². The third-order valence-electron chi connectivity index (χ3n) is 4.42. The summed E-state index contributed by atoms with van der Waals surface area (Å²) in [6.07, 6.45) is 4.12. The van der Waals surface area contributed by atoms with Crippen molar-refractivity contribution in [3.63, 3.8) is 0 Å². The van der Waals surface area contributed by atoms with Crippen LogP contribution < -0.4 is 4.74 Å². The number of hydrogen-bond acceptors (Lipinski definition) is 3. The lowest BCUT2D eigenvalue weighted by Crippen LogP contribution is -2.49. The zero-order valence-corrected chi connectivity index (χ0v) is 12.7. The van der Waals surface area contributed by atoms with Crippen molar-refractivity contribution in [3.8, 4) is 5.75 Å². The summed E-state index contributed by atoms with van der Waals surface area (Å²) in [7, 11) is 0. The van der Waals surface area contributed by atoms with Gasteiger partial charge in [0.15, 0.2) is 11.6 Å². The molecule has 22 heavy (non-hydrogen) atoms. The van der Waals surface area contributed by atoms with Crippen LogP contribution in [0.5, 0.6) is 5.75 Å². The summed E-state index contributed by atoms with van der Waals surface area (Å²) in [6, 6.07) is 6.32. The van der Waals surface area contributed by atoms with E-state index < -0.39 is 0 Å². The molecule has 1 saturated carbocycles. The number of carbonyl (C=O) groups excluding carboxylic acids is 1. The van der Waals surface area contributed by atoms with Crippen LogP contribution in [0.4, 0.5) is 4.39 Å². The fourth-order valence-corrected chi connectivity index (χ4v) is 3.20. The minimum atomic E-state index is -0.378. The molecule has 0 aromatic heterocycles. The highest BCUT2D eigenvalue weighted by molar-refractivity contribution is 5.79. The summed E-state index contributed by atoms with van der Waals surface area (Å²) in [5, 5.41) is 0. The van der Waals surface area contributed by atoms with Gasteiger partial charge in [-0.25, -0.2) is 4.39 Å². The van der Waals surface area contributed by atoms with Crippen LogP contribution in [-0.2, 0) is 9.53 Å². The molecule has 1 saturated heterocycles. The number of ether oxygens (including phenoxy) is 2. The molecular formula is C17H22FNO3. The second kappa shape index (κ2) is 7.09. The number of para-hydroxylation sites is 1. The third-order valence-corrected chi connectivity index (χ3v) is 4.42. The maximum Gasteiger partial charge on any atom is 0.225 e. The minimum Gasteiger partial charge on any atom is -0.488 e. The largest absolute Gasteiger partial charge is 0.488 e. The van der Waals surface area contributed by atoms with E-state index in [4.69, 9.17) is 9.47 Å². The molecule has 5 heteroatoms. The fraction of sp³-hybridized carbons (Fsp3) is 0.588. The van der Waals surface area contributed by atoms with Crippen LogP contribution in [0.3, 0.4) is 0 Å². The second-order valence-electron chi connectivity index (χ2n) is 6.00. The van der Waals surface area contributed by atoms with Crippen LogP contribution in [-0.4, -0.2) is 43.2 Å². The highest BCUT2D eigenvalue weighted by atomic mass is 19.1. The van der Waals surface area contributed by atoms with Gasteiger partial charge in [-0.3, -0.25) is 4.79 Å². The molecule has 1 amide bonds. The van der Waals surface area contributed by atoms with E-state index in [0.717, 1.165) is 25.7 Å². The lowest BCUT2D eigenvalue weighted by molar-refractivity contribution is -0.144. The molecule has 0 N–H and O–H groups in total. The molecule has 120 valence electrons. The molecule has 2 aliphatic rings. The van der Waals surface area contributed by atoms with Crippen LogP contribution in [0.15, 0.2) is 24.3 Å². The summed E-state index contributed by atoms with van der Waals surface area (Å²) in [6.45, 7) is 1.95. The molecule has 0 spiro atoms. The van der Waals surface area contributed by atoms with Gasteiger partial charge in [0, 0.05) is 12.5 Å². The Morgan fingerprint density at radius 2 is 2.09 bits per heavy atom. The number of hydrogen-bond donors (Lipinski definition) is 0. The van der Waals surface area contributed by atoms with Crippen LogP contribution >= 0.6 is 0 Å². The van der Waals surface area contributed by atoms with Crippen molar-refractivity contribution in [1.82, 2.24) is 4.90 Å². The van der Waals surface area contributed by atoms with Crippen molar-refractivity contribution >= 4 is 5.91 Å². The average Bonchev–Trinajstić information content (AvgIpc) is 3.08. The average molecular weight is 307 g/mol. The monoisotopic (exact) mass is 307 g/mol. The number of halogens is 1. The zero-order valence-electron chi connectivity index (χ0n) is 12.7. The third kappa shape index (κ3) is 3.58. The van der Waals surface area contributed by atoms with Crippen molar-refractivity contribution in [1.29, 1.82) is 0 Å². The van der Waals surface area contributed by atoms with Crippen molar-refractivity contribution in [2.24, 2.45) is 5.92 Å². The van der Waals surface area contributed by atoms with Gasteiger partial charge in [-0.05, 0) is 25.0 Å². The highest BCUT2D eigenvalue weighted by Crippen LogP contribution is 2.27. The molecule has 1 aliphatic heterocycles. The van der Waals surface area contributed by atoms with Gasteiger partial charge < -0.3 is 14.4 Å². The molecule has 1 unspecified atom stereocenters. The molecule has 1 aromatic rings. The Morgan fingerprint density at radius 3 is 2.86 bits per heavy atom. The number of carbonyl (C=O) groups is 1. The number of rotatable bonds is 4. The summed E-state index contributed by atoms with van der Waals surface area (Å²) in [5.74, 6) is 0.283. The van der Waals surface area contributed by atoms with Crippen molar-refractivity contribution in [3.05, 3.63) is 30.1 Å². The van der Waals surface area contributed by atoms with Gasteiger partial charge in [-0.2, -0.15) is 0 Å². The zero-order chi connectivity index (χ0) is 15.4. The Balaban J connectivity index is 1.52. The Kier molecular flexibility index (Phi) is 4.93. The molecule has 4 nitrogen and oxygen atoms in total. The molecule has 2 fully saturated rings. The van der Waals surface area contributed by atoms with E-state index in [2.05, 4.69) is 0 Å². The second-order valence-corrected chi connectivity index (χ2v) is 6.00. The molecule has 3 rings (SSSR count). The van der Waals surface area contributed by atoms with Gasteiger partial charge in [0.2, 0.25) is 5.91 Å². The molecule has 0 bridgehead atoms. The van der Waals surface area contributed by atoms with Crippen molar-refractivity contribution < 1.29 is 18.7 Å². The van der Waals surface area contributed by atoms with Crippen LogP contribution in [0.1, 0.15) is 25.7 Å². The Hall–Kier alpha value is -1.62. The molecule has 1 aromatic carbocycles. The SMILES string of the molecule is O=C(C1CCCC1)N1CCOC(COc2ccccc2F)C1. The van der Waals surface area contributed by atoms with Gasteiger partial charge in [0.05, 0.1) is 13.2 Å². The van der Waals surface area contributed by atoms with Gasteiger partial charge in [-0.15, -0.1) is 0 Å². The lowest BCUT2D eigenvalue weighted by Gasteiger charge is -2.34. The molecule has 1 atom stereocenters. The first kappa shape index (κ1) is 15.3. The lowest BCUT2D eigenvalue weighted by atomic mass is 10.1. The Morgan fingerprint density at radius 1 is 1.32 bits per heavy atom. The van der Waals surface area contributed by atoms with E-state index in [0.29, 0.717) is 19.7 Å². The number of benzene rings is 1. The summed E-state index contributed by atoms with van der Waals surface area (Å²) < 4.78 is 24.7. The van der Waals surface area contributed by atoms with E-state index in [1.54, 1.807) is 18.2 Å². The minimum absolute atomic E-state index is 0.186. The molecule has 1 aliphatic carbocycles. The van der Waals surface area contributed by atoms with Crippen LogP contribution in [0.2, 0.25) is 0 Å². The predicted molar refractivity (Wildman–Crippen MR) is 80.2 cm³/mol. The number of nitrogens with zero attached hydrogens (tertiary/aromatic N) is 1. The fourth-order valence-electron chi connectivity index (χ4n) is 3.20. The summed E-state index contributed by atoms with van der Waals surface area (Å²) in [4.78, 5) is 14.3. The molecule has 0 radical (unpaired) electrons. The van der Waals surface area contributed by atoms with Gasteiger partial charge in [0.25, 0.3) is 0 Å². The smallest absolute Gasteiger partial charge is 0.225 e. The number of amides is 1. The molecule has 1 heterocycles. The normalized spacial score (nSPS) is 22.8. The highest BCUT2D eigenvalue weighted by Gasteiger charge is 2.31. The van der Waals surface area contributed by atoms with Crippen molar-refractivity contribution in [2.75, 3.05) is 26.3 Å². The first-order valence-electron chi connectivity index (χ1n) is 8.02. The number of morpholine rings is 1. The van der Waals surface area contributed by atoms with E-state index in [9.17, 15) is 9.18 Å². The van der Waals surface area contributed by atoms with E-state index in [1.807, 2.05) is 4.90 Å². The van der Waals surface area contributed by atoms with Crippen molar-refractivity contribution in [2.45, 2.75) is 31.8 Å². The maximum absolute atomic E-state index is 13.5. The maximum atomic E-state index is 13.5. The predicted octanol–water partition coefficient (Wildman–Crippen LogP) is 2.62. The van der Waals surface area contributed by atoms with Crippen LogP contribution in [0.25, 0.3) is 0 Å². The molecular weight excluding hydrogens is 285 g/mol. The standard InChI is InChI=1S/C17H22FNO3/c18-15-7-3-4-8-16(15)22-12-14-11-19(9-10-21-14)17(20)13-5-1-2-6-13/h3-4,7-8,13-14H,1-2,5-6,9-12H2. The first-order valence-corrected chi connectivity index (χ1v) is 8.02. The quantitative estimate of drug-likeness (QED) is 0.858. The van der Waals surface area contributed by atoms with Gasteiger partial charge in [0.1, 0.15) is 12.7 Å². The summed E-state index contributed by atoms with van der Waals surface area (Å²) >= 11 is 0. The topological polar surface area (TPSA) is 38.8 Å². The van der Waals surface area contributed by atoms with Crippen LogP contribution in [0, 0.1) is 11.7 Å². The Bertz CT molecular complexity index is 516. The summed E-state index contributed by atoms with van der Waals surface area (Å²) in [5.41, 5.74) is 0. The first-order chi connectivity index (χ1) is 10.7. The van der Waals surface area contributed by atoms with Gasteiger partial charge in [-0.1, -0.05) is 25.0 Å². The van der Waals surface area contributed by atoms with E-state index in [1.165, 1.54) is 6.07 Å². The van der Waals surface area contributed by atoms with E-state index >= 15 is 0 Å².